The highest BCUT2D eigenvalue weighted by Crippen LogP contribution is 2.22. The molecule has 0 spiro atoms. The number of H-pyrrole nitrogens is 1. The lowest BCUT2D eigenvalue weighted by atomic mass is 10.2. The Kier molecular flexibility index (Phi) is 6.86. The number of methoxy groups -OCH3 is 2. The maximum absolute atomic E-state index is 12.7. The molecular formula is C22H24N4O5. The van der Waals surface area contributed by atoms with E-state index >= 15 is 0 Å². The maximum atomic E-state index is 12.7. The fourth-order valence-electron chi connectivity index (χ4n) is 3.08. The van der Waals surface area contributed by atoms with E-state index in [-0.39, 0.29) is 24.6 Å². The summed E-state index contributed by atoms with van der Waals surface area (Å²) in [5, 5.41) is 3.10. The maximum Gasteiger partial charge on any atom is 0.258 e. The van der Waals surface area contributed by atoms with Crippen LogP contribution >= 0.6 is 0 Å². The molecule has 9 heteroatoms. The largest absolute Gasteiger partial charge is 0.497 e. The minimum absolute atomic E-state index is 0.123. The average molecular weight is 424 g/mol. The molecule has 0 aliphatic carbocycles. The van der Waals surface area contributed by atoms with Crippen molar-refractivity contribution in [2.75, 3.05) is 27.3 Å². The first-order valence-electron chi connectivity index (χ1n) is 9.72. The van der Waals surface area contributed by atoms with Crippen molar-refractivity contribution in [3.8, 4) is 11.5 Å². The molecular weight excluding hydrogens is 400 g/mol. The number of likely N-dealkylation sites (N-methyl/N-ethyl adjacent to an activating group) is 1. The van der Waals surface area contributed by atoms with Gasteiger partial charge in [0.2, 0.25) is 5.91 Å². The molecule has 0 radical (unpaired) electrons. The quantitative estimate of drug-likeness (QED) is 0.569. The molecule has 31 heavy (non-hydrogen) atoms. The third-order valence-corrected chi connectivity index (χ3v) is 4.75. The van der Waals surface area contributed by atoms with Crippen LogP contribution in [-0.4, -0.2) is 54.0 Å². The highest BCUT2D eigenvalue weighted by molar-refractivity contribution is 5.97. The molecule has 0 atom stereocenters. The van der Waals surface area contributed by atoms with E-state index in [0.29, 0.717) is 40.3 Å². The van der Waals surface area contributed by atoms with Gasteiger partial charge in [-0.1, -0.05) is 12.1 Å². The Balaban J connectivity index is 1.68. The van der Waals surface area contributed by atoms with Crippen LogP contribution in [0.5, 0.6) is 11.5 Å². The molecule has 2 amide bonds. The second kappa shape index (κ2) is 9.75. The molecule has 0 aliphatic heterocycles. The summed E-state index contributed by atoms with van der Waals surface area (Å²) >= 11 is 0. The lowest BCUT2D eigenvalue weighted by Gasteiger charge is -2.20. The van der Waals surface area contributed by atoms with Gasteiger partial charge in [0, 0.05) is 18.2 Å². The number of ether oxygens (including phenoxy) is 2. The number of carbonyl (C=O) groups is 2. The molecule has 1 heterocycles. The first-order chi connectivity index (χ1) is 14.9. The third-order valence-electron chi connectivity index (χ3n) is 4.75. The number of amides is 2. The fraction of sp³-hybridized carbons (Fsp3) is 0.273. The molecule has 0 fully saturated rings. The van der Waals surface area contributed by atoms with Crippen molar-refractivity contribution in [2.24, 2.45) is 0 Å². The number of rotatable bonds is 8. The first kappa shape index (κ1) is 21.8. The fourth-order valence-corrected chi connectivity index (χ4v) is 3.08. The van der Waals surface area contributed by atoms with Gasteiger partial charge in [-0.25, -0.2) is 4.98 Å². The first-order valence-corrected chi connectivity index (χ1v) is 9.72. The van der Waals surface area contributed by atoms with Gasteiger partial charge in [0.25, 0.3) is 11.5 Å². The zero-order valence-corrected chi connectivity index (χ0v) is 17.6. The Morgan fingerprint density at radius 2 is 1.77 bits per heavy atom. The number of para-hydroxylation sites is 1. The van der Waals surface area contributed by atoms with E-state index in [1.807, 2.05) is 6.92 Å². The van der Waals surface area contributed by atoms with Gasteiger partial charge >= 0.3 is 0 Å². The van der Waals surface area contributed by atoms with Crippen molar-refractivity contribution >= 4 is 22.7 Å². The smallest absolute Gasteiger partial charge is 0.258 e. The van der Waals surface area contributed by atoms with Crippen molar-refractivity contribution in [3.05, 3.63) is 64.2 Å². The molecule has 3 rings (SSSR count). The lowest BCUT2D eigenvalue weighted by Crippen LogP contribution is -2.40. The molecule has 0 saturated heterocycles. The van der Waals surface area contributed by atoms with Gasteiger partial charge in [-0.3, -0.25) is 14.4 Å². The Morgan fingerprint density at radius 1 is 1.10 bits per heavy atom. The van der Waals surface area contributed by atoms with Crippen molar-refractivity contribution in [3.63, 3.8) is 0 Å². The van der Waals surface area contributed by atoms with Crippen LogP contribution in [0.25, 0.3) is 10.9 Å². The summed E-state index contributed by atoms with van der Waals surface area (Å²) in [7, 11) is 2.98. The number of carbonyl (C=O) groups excluding carboxylic acids is 2. The summed E-state index contributed by atoms with van der Waals surface area (Å²) in [6.07, 6.45) is 0. The van der Waals surface area contributed by atoms with Crippen LogP contribution in [0, 0.1) is 0 Å². The molecule has 0 aliphatic rings. The van der Waals surface area contributed by atoms with Crippen LogP contribution in [0.2, 0.25) is 0 Å². The number of hydrogen-bond donors (Lipinski definition) is 2. The van der Waals surface area contributed by atoms with Crippen LogP contribution in [-0.2, 0) is 11.3 Å². The summed E-state index contributed by atoms with van der Waals surface area (Å²) in [6.45, 7) is 2.12. The van der Waals surface area contributed by atoms with Gasteiger partial charge in [0.05, 0.1) is 38.2 Å². The highest BCUT2D eigenvalue weighted by Gasteiger charge is 2.17. The summed E-state index contributed by atoms with van der Waals surface area (Å²) in [6, 6.07) is 11.8. The highest BCUT2D eigenvalue weighted by atomic mass is 16.5. The van der Waals surface area contributed by atoms with Crippen LogP contribution in [0.1, 0.15) is 23.1 Å². The lowest BCUT2D eigenvalue weighted by molar-refractivity contribution is -0.130. The predicted molar refractivity (Wildman–Crippen MR) is 115 cm³/mol. The molecule has 2 aromatic carbocycles. The molecule has 0 saturated carbocycles. The van der Waals surface area contributed by atoms with E-state index in [4.69, 9.17) is 9.47 Å². The van der Waals surface area contributed by atoms with Gasteiger partial charge in [0.1, 0.15) is 17.3 Å². The number of aromatic nitrogens is 2. The van der Waals surface area contributed by atoms with E-state index < -0.39 is 5.91 Å². The van der Waals surface area contributed by atoms with Crippen molar-refractivity contribution < 1.29 is 19.1 Å². The normalized spacial score (nSPS) is 10.5. The standard InChI is InChI=1S/C22H24N4O5/c1-4-26(13-19-24-18-8-6-5-7-17(18)22(29)25-19)20(27)12-23-21(28)14-9-15(30-2)11-16(10-14)31-3/h5-11H,4,12-13H2,1-3H3,(H,23,28)(H,24,25,29). The van der Waals surface area contributed by atoms with E-state index in [1.165, 1.54) is 19.1 Å². The molecule has 0 unspecified atom stereocenters. The molecule has 2 N–H and O–H groups in total. The molecule has 0 bridgehead atoms. The van der Waals surface area contributed by atoms with E-state index in [1.54, 1.807) is 42.5 Å². The van der Waals surface area contributed by atoms with Gasteiger partial charge in [-0.15, -0.1) is 0 Å². The van der Waals surface area contributed by atoms with Gasteiger partial charge in [0.15, 0.2) is 0 Å². The van der Waals surface area contributed by atoms with Gasteiger partial charge < -0.3 is 24.7 Å². The zero-order chi connectivity index (χ0) is 22.4. The second-order valence-electron chi connectivity index (χ2n) is 6.72. The van der Waals surface area contributed by atoms with Crippen LogP contribution in [0.4, 0.5) is 0 Å². The SMILES string of the molecule is CCN(Cc1nc2ccccc2c(=O)[nH]1)C(=O)CNC(=O)c1cc(OC)cc(OC)c1. The van der Waals surface area contributed by atoms with E-state index in [0.717, 1.165) is 0 Å². The molecule has 9 nitrogen and oxygen atoms in total. The molecule has 1 aromatic heterocycles. The predicted octanol–water partition coefficient (Wildman–Crippen LogP) is 1.72. The van der Waals surface area contributed by atoms with Gasteiger partial charge in [-0.05, 0) is 31.2 Å². The Bertz CT molecular complexity index is 1140. The van der Waals surface area contributed by atoms with Crippen molar-refractivity contribution in [2.45, 2.75) is 13.5 Å². The Morgan fingerprint density at radius 3 is 2.42 bits per heavy atom. The zero-order valence-electron chi connectivity index (χ0n) is 17.6. The van der Waals surface area contributed by atoms with Crippen LogP contribution in [0.3, 0.4) is 0 Å². The Labute approximate surface area is 179 Å². The third kappa shape index (κ3) is 5.19. The number of fused-ring (bicyclic) bond motifs is 1. The van der Waals surface area contributed by atoms with E-state index in [9.17, 15) is 14.4 Å². The monoisotopic (exact) mass is 424 g/mol. The minimum Gasteiger partial charge on any atom is -0.497 e. The van der Waals surface area contributed by atoms with Gasteiger partial charge in [-0.2, -0.15) is 0 Å². The van der Waals surface area contributed by atoms with E-state index in [2.05, 4.69) is 15.3 Å². The number of nitrogens with zero attached hydrogens (tertiary/aromatic N) is 2. The second-order valence-corrected chi connectivity index (χ2v) is 6.72. The number of aromatic amines is 1. The summed E-state index contributed by atoms with van der Waals surface area (Å²) in [5.74, 6) is 0.581. The summed E-state index contributed by atoms with van der Waals surface area (Å²) in [5.41, 5.74) is 0.613. The number of hydrogen-bond acceptors (Lipinski definition) is 6. The van der Waals surface area contributed by atoms with Crippen molar-refractivity contribution in [1.29, 1.82) is 0 Å². The topological polar surface area (TPSA) is 114 Å². The van der Waals surface area contributed by atoms with Crippen LogP contribution < -0.4 is 20.3 Å². The van der Waals surface area contributed by atoms with Crippen LogP contribution in [0.15, 0.2) is 47.3 Å². The average Bonchev–Trinajstić information content (AvgIpc) is 2.80. The summed E-state index contributed by atoms with van der Waals surface area (Å²) in [4.78, 5) is 46.0. The minimum atomic E-state index is -0.432. The van der Waals surface area contributed by atoms with Crippen molar-refractivity contribution in [1.82, 2.24) is 20.2 Å². The number of benzene rings is 2. The molecule has 3 aromatic rings. The number of nitrogens with one attached hydrogen (secondary N) is 2. The Hall–Kier alpha value is -3.88. The molecule has 162 valence electrons. The summed E-state index contributed by atoms with van der Waals surface area (Å²) < 4.78 is 10.3.